The summed E-state index contributed by atoms with van der Waals surface area (Å²) in [7, 11) is 1.67. The minimum absolute atomic E-state index is 0.0852. The van der Waals surface area contributed by atoms with E-state index in [0.717, 1.165) is 19.5 Å². The molecule has 4 nitrogen and oxygen atoms in total. The van der Waals surface area contributed by atoms with Crippen LogP contribution in [0.15, 0.2) is 18.5 Å². The van der Waals surface area contributed by atoms with Crippen LogP contribution in [0.5, 0.6) is 0 Å². The number of carbonyl (C=O) groups is 1. The lowest BCUT2D eigenvalue weighted by atomic mass is 10.1. The van der Waals surface area contributed by atoms with Crippen molar-refractivity contribution in [1.29, 1.82) is 0 Å². The molecule has 1 amide bonds. The van der Waals surface area contributed by atoms with Crippen LogP contribution in [0.2, 0.25) is 0 Å². The third-order valence-electron chi connectivity index (χ3n) is 3.08. The van der Waals surface area contributed by atoms with Crippen LogP contribution in [0.3, 0.4) is 0 Å². The molecule has 0 aliphatic heterocycles. The van der Waals surface area contributed by atoms with Crippen LogP contribution in [0.25, 0.3) is 0 Å². The molecule has 1 heterocycles. The Morgan fingerprint density at radius 3 is 2.83 bits per heavy atom. The first kappa shape index (κ1) is 14.8. The second kappa shape index (κ2) is 7.93. The average molecular weight is 251 g/mol. The quantitative estimate of drug-likeness (QED) is 0.743. The first-order valence-corrected chi connectivity index (χ1v) is 6.80. The Morgan fingerprint density at radius 2 is 2.22 bits per heavy atom. The lowest BCUT2D eigenvalue weighted by Gasteiger charge is -2.15. The van der Waals surface area contributed by atoms with Gasteiger partial charge in [0.25, 0.3) is 0 Å². The predicted octanol–water partition coefficient (Wildman–Crippen LogP) is 2.07. The first-order chi connectivity index (χ1) is 8.71. The van der Waals surface area contributed by atoms with Crippen molar-refractivity contribution in [1.82, 2.24) is 15.2 Å². The first-order valence-electron chi connectivity index (χ1n) is 6.80. The molecule has 1 unspecified atom stereocenters. The van der Waals surface area contributed by atoms with E-state index in [1.54, 1.807) is 7.05 Å². The normalized spacial score (nSPS) is 12.4. The number of rotatable bonds is 8. The monoisotopic (exact) mass is 251 g/mol. The van der Waals surface area contributed by atoms with Gasteiger partial charge in [-0.25, -0.2) is 0 Å². The lowest BCUT2D eigenvalue weighted by molar-refractivity contribution is -0.120. The largest absolute Gasteiger partial charge is 0.359 e. The number of hydrogen-bond acceptors (Lipinski definition) is 2. The second-order valence-electron chi connectivity index (χ2n) is 4.50. The Morgan fingerprint density at radius 1 is 1.44 bits per heavy atom. The van der Waals surface area contributed by atoms with Gasteiger partial charge in [-0.2, -0.15) is 0 Å². The lowest BCUT2D eigenvalue weighted by Crippen LogP contribution is -2.20. The minimum atomic E-state index is 0.0852. The van der Waals surface area contributed by atoms with Crippen molar-refractivity contribution in [2.24, 2.45) is 0 Å². The molecule has 0 radical (unpaired) electrons. The van der Waals surface area contributed by atoms with Crippen LogP contribution < -0.4 is 10.6 Å². The Bertz CT molecular complexity index is 354. The molecule has 0 saturated heterocycles. The van der Waals surface area contributed by atoms with Crippen LogP contribution >= 0.6 is 0 Å². The van der Waals surface area contributed by atoms with E-state index in [1.807, 2.05) is 0 Å². The number of carbonyl (C=O) groups excluding carboxylic acids is 1. The predicted molar refractivity (Wildman–Crippen MR) is 74.4 cm³/mol. The van der Waals surface area contributed by atoms with Gasteiger partial charge in [0, 0.05) is 38.4 Å². The molecule has 1 rings (SSSR count). The second-order valence-corrected chi connectivity index (χ2v) is 4.50. The zero-order chi connectivity index (χ0) is 13.4. The van der Waals surface area contributed by atoms with Gasteiger partial charge in [0.05, 0.1) is 0 Å². The van der Waals surface area contributed by atoms with E-state index in [0.29, 0.717) is 12.5 Å². The maximum atomic E-state index is 11.2. The van der Waals surface area contributed by atoms with E-state index in [1.165, 1.54) is 12.0 Å². The highest BCUT2D eigenvalue weighted by Crippen LogP contribution is 2.18. The summed E-state index contributed by atoms with van der Waals surface area (Å²) in [5.41, 5.74) is 1.32. The minimum Gasteiger partial charge on any atom is -0.359 e. The van der Waals surface area contributed by atoms with Crippen molar-refractivity contribution in [2.45, 2.75) is 45.7 Å². The van der Waals surface area contributed by atoms with E-state index < -0.39 is 0 Å². The summed E-state index contributed by atoms with van der Waals surface area (Å²) in [5, 5.41) is 6.14. The highest BCUT2D eigenvalue weighted by Gasteiger charge is 2.10. The molecule has 0 aliphatic carbocycles. The van der Waals surface area contributed by atoms with Gasteiger partial charge < -0.3 is 15.2 Å². The highest BCUT2D eigenvalue weighted by atomic mass is 16.1. The maximum Gasteiger partial charge on any atom is 0.221 e. The Labute approximate surface area is 110 Å². The number of hydrogen-bond donors (Lipinski definition) is 2. The Hall–Kier alpha value is -1.29. The average Bonchev–Trinajstić information content (AvgIpc) is 2.84. The summed E-state index contributed by atoms with van der Waals surface area (Å²) in [5.74, 6) is 0.0852. The third kappa shape index (κ3) is 4.53. The molecule has 2 N–H and O–H groups in total. The molecule has 1 atom stereocenters. The maximum absolute atomic E-state index is 11.2. The summed E-state index contributed by atoms with van der Waals surface area (Å²) < 4.78 is 2.09. The molecule has 0 spiro atoms. The van der Waals surface area contributed by atoms with Gasteiger partial charge in [0.1, 0.15) is 0 Å². The molecule has 0 aliphatic rings. The fraction of sp³-hybridized carbons (Fsp3) is 0.643. The topological polar surface area (TPSA) is 46.1 Å². The van der Waals surface area contributed by atoms with Crippen molar-refractivity contribution >= 4 is 5.91 Å². The van der Waals surface area contributed by atoms with Gasteiger partial charge in [0.15, 0.2) is 0 Å². The summed E-state index contributed by atoms with van der Waals surface area (Å²) in [6.07, 6.45) is 7.04. The number of aryl methyl sites for hydroxylation is 1. The summed E-state index contributed by atoms with van der Waals surface area (Å²) in [4.78, 5) is 11.2. The molecule has 0 aromatic carbocycles. The van der Waals surface area contributed by atoms with Crippen LogP contribution in [0, 0.1) is 0 Å². The molecular formula is C14H25N3O. The van der Waals surface area contributed by atoms with Gasteiger partial charge in [-0.1, -0.05) is 20.3 Å². The van der Waals surface area contributed by atoms with Crippen molar-refractivity contribution in [3.63, 3.8) is 0 Å². The molecule has 0 bridgehead atoms. The van der Waals surface area contributed by atoms with Crippen LogP contribution in [0.4, 0.5) is 0 Å². The van der Waals surface area contributed by atoms with Crippen molar-refractivity contribution in [2.75, 3.05) is 13.6 Å². The summed E-state index contributed by atoms with van der Waals surface area (Å²) >= 11 is 0. The fourth-order valence-corrected chi connectivity index (χ4v) is 2.08. The molecule has 1 aromatic rings. The summed E-state index contributed by atoms with van der Waals surface area (Å²) in [6, 6.07) is 2.58. The van der Waals surface area contributed by atoms with Crippen LogP contribution in [-0.4, -0.2) is 24.1 Å². The van der Waals surface area contributed by atoms with Crippen LogP contribution in [-0.2, 0) is 11.3 Å². The van der Waals surface area contributed by atoms with Crippen molar-refractivity contribution in [3.8, 4) is 0 Å². The zero-order valence-corrected chi connectivity index (χ0v) is 11.7. The smallest absolute Gasteiger partial charge is 0.221 e. The molecule has 4 heteroatoms. The third-order valence-corrected chi connectivity index (χ3v) is 3.08. The standard InChI is InChI=1S/C14H25N3O/c1-4-6-13(16-5-2)12-7-9-17(11-12)10-8-14(18)15-3/h7,9,11,13,16H,4-6,8,10H2,1-3H3,(H,15,18). The fourth-order valence-electron chi connectivity index (χ4n) is 2.08. The van der Waals surface area contributed by atoms with Gasteiger partial charge in [0.2, 0.25) is 5.91 Å². The SMILES string of the molecule is CCCC(NCC)c1ccn(CCC(=O)NC)c1. The molecule has 0 fully saturated rings. The molecule has 18 heavy (non-hydrogen) atoms. The van der Waals surface area contributed by atoms with Crippen molar-refractivity contribution in [3.05, 3.63) is 24.0 Å². The number of nitrogens with one attached hydrogen (secondary N) is 2. The Kier molecular flexibility index (Phi) is 6.50. The number of aromatic nitrogens is 1. The van der Waals surface area contributed by atoms with E-state index in [2.05, 4.69) is 47.5 Å². The van der Waals surface area contributed by atoms with E-state index in [9.17, 15) is 4.79 Å². The van der Waals surface area contributed by atoms with E-state index >= 15 is 0 Å². The van der Waals surface area contributed by atoms with Gasteiger partial charge in [-0.05, 0) is 24.6 Å². The number of amides is 1. The highest BCUT2D eigenvalue weighted by molar-refractivity contribution is 5.75. The Balaban J connectivity index is 2.57. The van der Waals surface area contributed by atoms with Gasteiger partial charge in [-0.3, -0.25) is 4.79 Å². The van der Waals surface area contributed by atoms with Crippen molar-refractivity contribution < 1.29 is 4.79 Å². The van der Waals surface area contributed by atoms with Gasteiger partial charge >= 0.3 is 0 Å². The number of nitrogens with zero attached hydrogens (tertiary/aromatic N) is 1. The molecule has 102 valence electrons. The molecule has 1 aromatic heterocycles. The van der Waals surface area contributed by atoms with Gasteiger partial charge in [-0.15, -0.1) is 0 Å². The van der Waals surface area contributed by atoms with E-state index in [4.69, 9.17) is 0 Å². The zero-order valence-electron chi connectivity index (χ0n) is 11.7. The molecule has 0 saturated carbocycles. The van der Waals surface area contributed by atoms with E-state index in [-0.39, 0.29) is 5.91 Å². The van der Waals surface area contributed by atoms with Crippen LogP contribution in [0.1, 0.15) is 44.7 Å². The summed E-state index contributed by atoms with van der Waals surface area (Å²) in [6.45, 7) is 6.05. The molecular weight excluding hydrogens is 226 g/mol.